The first-order valence-corrected chi connectivity index (χ1v) is 8.99. The van der Waals surface area contributed by atoms with E-state index in [1.54, 1.807) is 11.8 Å². The van der Waals surface area contributed by atoms with Gasteiger partial charge in [-0.2, -0.15) is 11.8 Å². The van der Waals surface area contributed by atoms with Gasteiger partial charge in [0, 0.05) is 24.5 Å². The minimum Gasteiger partial charge on any atom is -0.388 e. The molecule has 19 heavy (non-hydrogen) atoms. The van der Waals surface area contributed by atoms with Crippen LogP contribution in [0, 0.1) is 13.8 Å². The highest BCUT2D eigenvalue weighted by molar-refractivity contribution is 7.98. The number of anilines is 1. The van der Waals surface area contributed by atoms with Crippen LogP contribution in [0.2, 0.25) is 0 Å². The Morgan fingerprint density at radius 2 is 1.79 bits per heavy atom. The third-order valence-corrected chi connectivity index (χ3v) is 5.52. The molecule has 0 bridgehead atoms. The van der Waals surface area contributed by atoms with E-state index in [2.05, 4.69) is 10.0 Å². The highest BCUT2D eigenvalue weighted by Crippen LogP contribution is 2.24. The summed E-state index contributed by atoms with van der Waals surface area (Å²) >= 11 is 1.62. The van der Waals surface area contributed by atoms with Gasteiger partial charge in [0.05, 0.1) is 4.90 Å². The molecule has 0 saturated carbocycles. The van der Waals surface area contributed by atoms with E-state index in [0.29, 0.717) is 4.90 Å². The zero-order valence-corrected chi connectivity index (χ0v) is 13.7. The fourth-order valence-corrected chi connectivity index (χ4v) is 4.51. The monoisotopic (exact) mass is 302 g/mol. The minimum absolute atomic E-state index is 0.0808. The molecule has 0 spiro atoms. The van der Waals surface area contributed by atoms with Gasteiger partial charge in [0.2, 0.25) is 10.0 Å². The lowest BCUT2D eigenvalue weighted by Crippen LogP contribution is -2.35. The molecule has 0 aromatic heterocycles. The number of nitrogens with one attached hydrogen (secondary N) is 2. The molecule has 2 N–H and O–H groups in total. The van der Waals surface area contributed by atoms with Crippen LogP contribution in [0.1, 0.15) is 18.1 Å². The Hall–Kier alpha value is -0.720. The van der Waals surface area contributed by atoms with Crippen LogP contribution >= 0.6 is 11.8 Å². The summed E-state index contributed by atoms with van der Waals surface area (Å²) in [5, 5.41) is 3.03. The highest BCUT2D eigenvalue weighted by atomic mass is 32.2. The number of thioether (sulfide) groups is 1. The second kappa shape index (κ2) is 6.63. The Morgan fingerprint density at radius 1 is 1.26 bits per heavy atom. The predicted molar refractivity (Wildman–Crippen MR) is 83.6 cm³/mol. The zero-order valence-electron chi connectivity index (χ0n) is 12.1. The smallest absolute Gasteiger partial charge is 0.241 e. The normalized spacial score (nSPS) is 13.3. The molecule has 4 nitrogen and oxygen atoms in total. The van der Waals surface area contributed by atoms with Crippen molar-refractivity contribution in [3.05, 3.63) is 23.3 Å². The van der Waals surface area contributed by atoms with Crippen molar-refractivity contribution in [1.82, 2.24) is 4.72 Å². The minimum atomic E-state index is -3.46. The Kier molecular flexibility index (Phi) is 5.70. The maximum absolute atomic E-state index is 12.4. The summed E-state index contributed by atoms with van der Waals surface area (Å²) in [6, 6.07) is 3.62. The number of benzene rings is 1. The van der Waals surface area contributed by atoms with E-state index in [1.807, 2.05) is 46.2 Å². The van der Waals surface area contributed by atoms with E-state index in [1.165, 1.54) is 0 Å². The van der Waals surface area contributed by atoms with Crippen LogP contribution in [0.4, 0.5) is 5.69 Å². The third-order valence-electron chi connectivity index (χ3n) is 2.79. The van der Waals surface area contributed by atoms with Crippen molar-refractivity contribution >= 4 is 27.5 Å². The van der Waals surface area contributed by atoms with Crippen LogP contribution in [0.3, 0.4) is 0 Å². The van der Waals surface area contributed by atoms with Crippen molar-refractivity contribution in [2.75, 3.05) is 24.4 Å². The molecule has 0 radical (unpaired) electrons. The largest absolute Gasteiger partial charge is 0.388 e. The third kappa shape index (κ3) is 4.12. The topological polar surface area (TPSA) is 58.2 Å². The van der Waals surface area contributed by atoms with Gasteiger partial charge in [-0.1, -0.05) is 0 Å². The van der Waals surface area contributed by atoms with Gasteiger partial charge in [-0.3, -0.25) is 0 Å². The number of rotatable bonds is 6. The zero-order chi connectivity index (χ0) is 14.6. The second-order valence-corrected chi connectivity index (χ2v) is 7.23. The summed E-state index contributed by atoms with van der Waals surface area (Å²) in [5.41, 5.74) is 2.44. The molecule has 0 heterocycles. The fraction of sp³-hybridized carbons (Fsp3) is 0.538. The number of hydrogen-bond donors (Lipinski definition) is 2. The van der Waals surface area contributed by atoms with Gasteiger partial charge in [0.1, 0.15) is 0 Å². The molecule has 1 atom stereocenters. The summed E-state index contributed by atoms with van der Waals surface area (Å²) < 4.78 is 27.6. The summed E-state index contributed by atoms with van der Waals surface area (Å²) in [4.78, 5) is 0.388. The molecule has 1 rings (SSSR count). The average molecular weight is 302 g/mol. The van der Waals surface area contributed by atoms with Crippen molar-refractivity contribution in [3.8, 4) is 0 Å². The molecular formula is C13H22N2O2S2. The van der Waals surface area contributed by atoms with Gasteiger partial charge in [0.25, 0.3) is 0 Å². The lowest BCUT2D eigenvalue weighted by atomic mass is 10.1. The van der Waals surface area contributed by atoms with Crippen LogP contribution in [0.15, 0.2) is 17.0 Å². The standard InChI is InChI=1S/C13H22N2O2S2/c1-9-6-12(14-4)7-10(2)13(9)19(16,17)15-11(3)8-18-5/h6-7,11,14-15H,8H2,1-5H3. The van der Waals surface area contributed by atoms with Crippen molar-refractivity contribution in [2.24, 2.45) is 0 Å². The Bertz CT molecular complexity index is 519. The molecule has 0 aliphatic heterocycles. The summed E-state index contributed by atoms with van der Waals surface area (Å²) in [7, 11) is -1.64. The van der Waals surface area contributed by atoms with Crippen LogP contribution in [0.25, 0.3) is 0 Å². The molecule has 0 amide bonds. The van der Waals surface area contributed by atoms with E-state index in [4.69, 9.17) is 0 Å². The van der Waals surface area contributed by atoms with Crippen molar-refractivity contribution in [2.45, 2.75) is 31.7 Å². The maximum atomic E-state index is 12.4. The van der Waals surface area contributed by atoms with Gasteiger partial charge in [-0.15, -0.1) is 0 Å². The first-order chi connectivity index (χ1) is 8.81. The molecule has 1 aromatic rings. The molecule has 108 valence electrons. The molecule has 0 saturated heterocycles. The molecule has 6 heteroatoms. The van der Waals surface area contributed by atoms with Gasteiger partial charge in [-0.25, -0.2) is 13.1 Å². The van der Waals surface area contributed by atoms with Gasteiger partial charge in [0.15, 0.2) is 0 Å². The summed E-state index contributed by atoms with van der Waals surface area (Å²) in [5.74, 6) is 0.756. The van der Waals surface area contributed by atoms with E-state index < -0.39 is 10.0 Å². The number of hydrogen-bond acceptors (Lipinski definition) is 4. The molecule has 0 aliphatic carbocycles. The van der Waals surface area contributed by atoms with Crippen molar-refractivity contribution in [3.63, 3.8) is 0 Å². The van der Waals surface area contributed by atoms with Gasteiger partial charge < -0.3 is 5.32 Å². The Labute approximate surface area is 120 Å². The van der Waals surface area contributed by atoms with Crippen LogP contribution < -0.4 is 10.0 Å². The van der Waals surface area contributed by atoms with E-state index >= 15 is 0 Å². The first kappa shape index (κ1) is 16.3. The lowest BCUT2D eigenvalue weighted by Gasteiger charge is -2.17. The van der Waals surface area contributed by atoms with E-state index in [9.17, 15) is 8.42 Å². The quantitative estimate of drug-likeness (QED) is 0.847. The fourth-order valence-electron chi connectivity index (χ4n) is 2.13. The summed E-state index contributed by atoms with van der Waals surface area (Å²) in [6.07, 6.45) is 1.96. The van der Waals surface area contributed by atoms with Crippen molar-refractivity contribution in [1.29, 1.82) is 0 Å². The molecule has 0 fully saturated rings. The Morgan fingerprint density at radius 3 is 2.21 bits per heavy atom. The number of aryl methyl sites for hydroxylation is 2. The second-order valence-electron chi connectivity index (χ2n) is 4.67. The van der Waals surface area contributed by atoms with Gasteiger partial charge in [-0.05, 0) is 50.3 Å². The molecule has 0 aliphatic rings. The lowest BCUT2D eigenvalue weighted by molar-refractivity contribution is 0.570. The first-order valence-electron chi connectivity index (χ1n) is 6.12. The van der Waals surface area contributed by atoms with E-state index in [0.717, 1.165) is 22.6 Å². The summed E-state index contributed by atoms with van der Waals surface area (Å²) in [6.45, 7) is 5.52. The Balaban J connectivity index is 3.15. The van der Waals surface area contributed by atoms with E-state index in [-0.39, 0.29) is 6.04 Å². The van der Waals surface area contributed by atoms with Crippen LogP contribution in [-0.2, 0) is 10.0 Å². The molecule has 1 unspecified atom stereocenters. The SMILES string of the molecule is CNc1cc(C)c(S(=O)(=O)NC(C)CSC)c(C)c1. The molecule has 1 aromatic carbocycles. The maximum Gasteiger partial charge on any atom is 0.241 e. The molecular weight excluding hydrogens is 280 g/mol. The predicted octanol–water partition coefficient (Wildman–Crippen LogP) is 2.37. The highest BCUT2D eigenvalue weighted by Gasteiger charge is 2.22. The van der Waals surface area contributed by atoms with Gasteiger partial charge >= 0.3 is 0 Å². The van der Waals surface area contributed by atoms with Crippen molar-refractivity contribution < 1.29 is 8.42 Å². The number of sulfonamides is 1. The average Bonchev–Trinajstić information content (AvgIpc) is 2.26. The van der Waals surface area contributed by atoms with Crippen LogP contribution in [-0.4, -0.2) is 33.5 Å². The van der Waals surface area contributed by atoms with Crippen LogP contribution in [0.5, 0.6) is 0 Å².